The van der Waals surface area contributed by atoms with E-state index in [4.69, 9.17) is 0 Å². The van der Waals surface area contributed by atoms with E-state index in [1.54, 1.807) is 0 Å². The maximum atomic E-state index is 3.80. The molecule has 1 nitrogen and oxygen atoms in total. The van der Waals surface area contributed by atoms with Gasteiger partial charge in [0.15, 0.2) is 0 Å². The monoisotopic (exact) mass is 759 g/mol. The van der Waals surface area contributed by atoms with Gasteiger partial charge in [0.05, 0.1) is 11.0 Å². The van der Waals surface area contributed by atoms with Crippen LogP contribution in [0.3, 0.4) is 0 Å². The molecule has 0 amide bonds. The minimum absolute atomic E-state index is 0.0916. The summed E-state index contributed by atoms with van der Waals surface area (Å²) in [5.41, 5.74) is 16.5. The van der Waals surface area contributed by atoms with E-state index in [1.807, 2.05) is 33.8 Å². The average molecular weight is 760 g/mol. The molecule has 0 bridgehead atoms. The van der Waals surface area contributed by atoms with Crippen LogP contribution in [0.15, 0.2) is 194 Å². The Bertz CT molecular complexity index is 2510. The molecule has 8 aromatic rings. The van der Waals surface area contributed by atoms with Crippen molar-refractivity contribution in [3.63, 3.8) is 0 Å². The van der Waals surface area contributed by atoms with Gasteiger partial charge in [0.2, 0.25) is 0 Å². The van der Waals surface area contributed by atoms with Gasteiger partial charge >= 0.3 is 0 Å². The predicted molar refractivity (Wildman–Crippen MR) is 257 cm³/mol. The van der Waals surface area contributed by atoms with Crippen molar-refractivity contribution in [2.45, 2.75) is 74.1 Å². The fourth-order valence-corrected chi connectivity index (χ4v) is 7.87. The van der Waals surface area contributed by atoms with Crippen molar-refractivity contribution >= 4 is 21.8 Å². The third-order valence-electron chi connectivity index (χ3n) is 10.8. The fraction of sp³-hybridized carbons (Fsp3) is 0.193. The van der Waals surface area contributed by atoms with Crippen LogP contribution in [0.25, 0.3) is 60.9 Å². The summed E-state index contributed by atoms with van der Waals surface area (Å²) in [4.78, 5) is 0. The zero-order chi connectivity index (χ0) is 41.7. The van der Waals surface area contributed by atoms with Crippen molar-refractivity contribution < 1.29 is 0 Å². The van der Waals surface area contributed by atoms with E-state index >= 15 is 0 Å². The van der Waals surface area contributed by atoms with Gasteiger partial charge in [-0.05, 0) is 101 Å². The first-order valence-corrected chi connectivity index (χ1v) is 21.0. The zero-order valence-electron chi connectivity index (χ0n) is 36.2. The molecule has 0 radical (unpaired) electrons. The Balaban J connectivity index is 0.000000270. The molecular weight excluding hydrogens is 699 g/mol. The Morgan fingerprint density at radius 3 is 1.59 bits per heavy atom. The van der Waals surface area contributed by atoms with Crippen molar-refractivity contribution in [1.29, 1.82) is 0 Å². The number of hydrogen-bond acceptors (Lipinski definition) is 0. The smallest absolute Gasteiger partial charge is 0.0541 e. The molecule has 294 valence electrons. The number of fused-ring (bicyclic) bond motifs is 3. The maximum absolute atomic E-state index is 3.80. The molecule has 0 N–H and O–H groups in total. The third kappa shape index (κ3) is 9.50. The van der Waals surface area contributed by atoms with Gasteiger partial charge in [0.25, 0.3) is 0 Å². The first-order valence-electron chi connectivity index (χ1n) is 21.0. The molecule has 8 rings (SSSR count). The number of aromatic nitrogens is 1. The quantitative estimate of drug-likeness (QED) is 0.136. The van der Waals surface area contributed by atoms with Gasteiger partial charge in [-0.3, -0.25) is 0 Å². The fourth-order valence-electron chi connectivity index (χ4n) is 7.87. The topological polar surface area (TPSA) is 4.93 Å². The van der Waals surface area contributed by atoms with Crippen LogP contribution in [-0.2, 0) is 5.41 Å². The maximum Gasteiger partial charge on any atom is 0.0541 e. The van der Waals surface area contributed by atoms with Crippen LogP contribution in [0.5, 0.6) is 0 Å². The van der Waals surface area contributed by atoms with Crippen molar-refractivity contribution in [2.24, 2.45) is 0 Å². The summed E-state index contributed by atoms with van der Waals surface area (Å²) in [6, 6.07) is 61.3. The number of nitrogens with zero attached hydrogens (tertiary/aromatic N) is 1. The van der Waals surface area contributed by atoms with Gasteiger partial charge in [-0.2, -0.15) is 0 Å². The second kappa shape index (κ2) is 20.3. The van der Waals surface area contributed by atoms with Gasteiger partial charge < -0.3 is 4.57 Å². The molecular formula is C57H61N. The van der Waals surface area contributed by atoms with E-state index in [9.17, 15) is 0 Å². The molecule has 0 aliphatic carbocycles. The van der Waals surface area contributed by atoms with Crippen molar-refractivity contribution in [1.82, 2.24) is 4.57 Å². The molecule has 0 unspecified atom stereocenters. The molecule has 0 saturated heterocycles. The van der Waals surface area contributed by atoms with Crippen LogP contribution >= 0.6 is 0 Å². The Morgan fingerprint density at radius 1 is 0.517 bits per heavy atom. The van der Waals surface area contributed by atoms with Crippen LogP contribution < -0.4 is 0 Å². The highest BCUT2D eigenvalue weighted by molar-refractivity contribution is 6.10. The summed E-state index contributed by atoms with van der Waals surface area (Å²) < 4.78 is 2.42. The van der Waals surface area contributed by atoms with E-state index in [1.165, 1.54) is 83.1 Å². The number of aryl methyl sites for hydroxylation is 2. The first-order chi connectivity index (χ1) is 28.3. The highest BCUT2D eigenvalue weighted by atomic mass is 15.0. The molecule has 0 spiro atoms. The van der Waals surface area contributed by atoms with Gasteiger partial charge in [-0.1, -0.05) is 212 Å². The van der Waals surface area contributed by atoms with Crippen LogP contribution in [0.1, 0.15) is 71.6 Å². The minimum Gasteiger partial charge on any atom is -0.309 e. The zero-order valence-corrected chi connectivity index (χ0v) is 36.2. The molecule has 0 aliphatic rings. The summed E-state index contributed by atoms with van der Waals surface area (Å²) >= 11 is 0. The molecule has 0 atom stereocenters. The van der Waals surface area contributed by atoms with Gasteiger partial charge in [-0.25, -0.2) is 0 Å². The summed E-state index contributed by atoms with van der Waals surface area (Å²) in [6.07, 6.45) is 5.10. The van der Waals surface area contributed by atoms with Crippen LogP contribution in [0.4, 0.5) is 0 Å². The number of para-hydroxylation sites is 1. The Hall–Kier alpha value is -6.18. The van der Waals surface area contributed by atoms with E-state index < -0.39 is 0 Å². The Morgan fingerprint density at radius 2 is 1.02 bits per heavy atom. The van der Waals surface area contributed by atoms with Crippen molar-refractivity contribution in [2.75, 3.05) is 0 Å². The summed E-state index contributed by atoms with van der Waals surface area (Å²) in [7, 11) is 0. The highest BCUT2D eigenvalue weighted by Crippen LogP contribution is 2.38. The van der Waals surface area contributed by atoms with E-state index in [-0.39, 0.29) is 5.41 Å². The second-order valence-electron chi connectivity index (χ2n) is 14.7. The van der Waals surface area contributed by atoms with Gasteiger partial charge in [0.1, 0.15) is 0 Å². The summed E-state index contributed by atoms with van der Waals surface area (Å²) in [5, 5.41) is 2.54. The summed E-state index contributed by atoms with van der Waals surface area (Å²) in [6.45, 7) is 22.9. The lowest BCUT2D eigenvalue weighted by Gasteiger charge is -2.30. The molecule has 0 saturated carbocycles. The third-order valence-corrected chi connectivity index (χ3v) is 10.8. The molecule has 1 heterocycles. The van der Waals surface area contributed by atoms with Crippen LogP contribution in [-0.4, -0.2) is 4.57 Å². The molecule has 1 aromatic heterocycles. The highest BCUT2D eigenvalue weighted by Gasteiger charge is 2.25. The SMILES string of the molecule is C=C/C=C(\CC)C(C)(C)c1ccccc1C.CC.CC.Cc1ccc(-c2ccc3c(c2)c2ccccc2n3-c2cc(-c3ccccc3)cc(-c3ccccc3)c2)cc1. The van der Waals surface area contributed by atoms with E-state index in [2.05, 4.69) is 222 Å². The normalized spacial score (nSPS) is 11.1. The minimum atomic E-state index is 0.0916. The molecule has 1 heteroatoms. The Labute approximate surface area is 349 Å². The largest absolute Gasteiger partial charge is 0.309 e. The lowest BCUT2D eigenvalue weighted by Crippen LogP contribution is -2.21. The Kier molecular flexibility index (Phi) is 15.0. The molecule has 0 aliphatic heterocycles. The van der Waals surface area contributed by atoms with Gasteiger partial charge in [-0.15, -0.1) is 0 Å². The standard InChI is InChI=1S/C37H27N.C16H22.2C2H6/c1-26-16-18-29(19-17-26)30-20-21-37-35(25-30)34-14-8-9-15-36(34)38(37)33-23-31(27-10-4-2-5-11-27)22-32(24-33)28-12-6-3-7-13-28;1-6-10-14(7-2)16(4,5)15-12-9-8-11-13(15)3;2*1-2/h2-25H,1H3;6,8-12H,1,7H2,2-5H3;2*1-2H3/b;14-10+;;. The average Bonchev–Trinajstić information content (AvgIpc) is 3.61. The number of benzene rings is 7. The summed E-state index contributed by atoms with van der Waals surface area (Å²) in [5.74, 6) is 0. The lowest BCUT2D eigenvalue weighted by atomic mass is 9.74. The molecule has 58 heavy (non-hydrogen) atoms. The van der Waals surface area contributed by atoms with Crippen LogP contribution in [0, 0.1) is 13.8 Å². The van der Waals surface area contributed by atoms with Crippen molar-refractivity contribution in [3.05, 3.63) is 211 Å². The van der Waals surface area contributed by atoms with Crippen LogP contribution in [0.2, 0.25) is 0 Å². The lowest BCUT2D eigenvalue weighted by molar-refractivity contribution is 0.597. The van der Waals surface area contributed by atoms with Crippen molar-refractivity contribution in [3.8, 4) is 39.1 Å². The van der Waals surface area contributed by atoms with E-state index in [0.29, 0.717) is 0 Å². The molecule has 0 fully saturated rings. The number of hydrogen-bond donors (Lipinski definition) is 0. The second-order valence-corrected chi connectivity index (χ2v) is 14.7. The molecule has 7 aromatic carbocycles. The first kappa shape index (κ1) is 43.0. The van der Waals surface area contributed by atoms with Gasteiger partial charge in [0, 0.05) is 21.9 Å². The number of allylic oxidation sites excluding steroid dienone is 3. The predicted octanol–water partition coefficient (Wildman–Crippen LogP) is 16.9. The number of rotatable bonds is 8. The van der Waals surface area contributed by atoms with E-state index in [0.717, 1.165) is 6.42 Å².